The zero-order valence-corrected chi connectivity index (χ0v) is 8.63. The molecular weight excluding hydrogens is 235 g/mol. The van der Waals surface area contributed by atoms with Gasteiger partial charge in [-0.25, -0.2) is 4.39 Å². The smallest absolute Gasteiger partial charge is 0.152 e. The van der Waals surface area contributed by atoms with Crippen LogP contribution in [0.3, 0.4) is 0 Å². The van der Waals surface area contributed by atoms with Gasteiger partial charge in [0.1, 0.15) is 12.4 Å². The van der Waals surface area contributed by atoms with Crippen LogP contribution in [0.1, 0.15) is 0 Å². The van der Waals surface area contributed by atoms with Gasteiger partial charge in [0.05, 0.1) is 4.47 Å². The normalized spacial score (nSPS) is 12.2. The summed E-state index contributed by atoms with van der Waals surface area (Å²) < 4.78 is 18.7. The van der Waals surface area contributed by atoms with Gasteiger partial charge >= 0.3 is 0 Å². The van der Waals surface area contributed by atoms with E-state index < -0.39 is 6.17 Å². The molecule has 13 heavy (non-hydrogen) atoms. The van der Waals surface area contributed by atoms with Crippen LogP contribution in [0.5, 0.6) is 5.75 Å². The largest absolute Gasteiger partial charge is 0.489 e. The average molecular weight is 245 g/mol. The molecular formula is C10H10BrFO. The summed E-state index contributed by atoms with van der Waals surface area (Å²) in [6.07, 6.45) is 0.101. The molecule has 0 aliphatic carbocycles. The van der Waals surface area contributed by atoms with Gasteiger partial charge in [-0.15, -0.1) is 6.58 Å². The molecule has 0 N–H and O–H groups in total. The molecule has 0 radical (unpaired) electrons. The SMILES string of the molecule is C=CC(F)COc1ccccc1Br. The van der Waals surface area contributed by atoms with Crippen LogP contribution in [0, 0.1) is 0 Å². The number of para-hydroxylation sites is 1. The van der Waals surface area contributed by atoms with Gasteiger partial charge in [-0.1, -0.05) is 18.2 Å². The Morgan fingerprint density at radius 3 is 2.85 bits per heavy atom. The molecule has 3 heteroatoms. The Hall–Kier alpha value is -0.830. The maximum atomic E-state index is 12.7. The van der Waals surface area contributed by atoms with E-state index in [0.717, 1.165) is 4.47 Å². The van der Waals surface area contributed by atoms with Gasteiger partial charge in [-0.3, -0.25) is 0 Å². The third-order valence-corrected chi connectivity index (χ3v) is 2.15. The van der Waals surface area contributed by atoms with E-state index in [1.165, 1.54) is 6.08 Å². The van der Waals surface area contributed by atoms with Gasteiger partial charge in [0.15, 0.2) is 6.17 Å². The number of hydrogen-bond donors (Lipinski definition) is 0. The standard InChI is InChI=1S/C10H10BrFO/c1-2-8(12)7-13-10-6-4-3-5-9(10)11/h2-6,8H,1,7H2. The van der Waals surface area contributed by atoms with Crippen LogP contribution in [0.25, 0.3) is 0 Å². The van der Waals surface area contributed by atoms with Crippen molar-refractivity contribution in [2.75, 3.05) is 6.61 Å². The second kappa shape index (κ2) is 5.02. The van der Waals surface area contributed by atoms with E-state index in [1.54, 1.807) is 6.07 Å². The molecule has 0 aliphatic rings. The fourth-order valence-electron chi connectivity index (χ4n) is 0.799. The summed E-state index contributed by atoms with van der Waals surface area (Å²) in [5.41, 5.74) is 0. The van der Waals surface area contributed by atoms with Crippen LogP contribution < -0.4 is 4.74 Å². The minimum absolute atomic E-state index is 0.00606. The third-order valence-electron chi connectivity index (χ3n) is 1.49. The quantitative estimate of drug-likeness (QED) is 0.739. The summed E-state index contributed by atoms with van der Waals surface area (Å²) in [7, 11) is 0. The first kappa shape index (κ1) is 10.3. The Morgan fingerprint density at radius 1 is 1.54 bits per heavy atom. The van der Waals surface area contributed by atoms with Crippen molar-refractivity contribution in [2.24, 2.45) is 0 Å². The Bertz CT molecular complexity index is 288. The molecule has 0 bridgehead atoms. The number of hydrogen-bond acceptors (Lipinski definition) is 1. The number of halogens is 2. The molecule has 70 valence electrons. The lowest BCUT2D eigenvalue weighted by molar-refractivity contribution is 0.228. The molecule has 1 nitrogen and oxygen atoms in total. The molecule has 1 rings (SSSR count). The summed E-state index contributed by atoms with van der Waals surface area (Å²) in [4.78, 5) is 0. The minimum Gasteiger partial charge on any atom is -0.489 e. The number of benzene rings is 1. The highest BCUT2D eigenvalue weighted by Gasteiger charge is 2.03. The highest BCUT2D eigenvalue weighted by atomic mass is 79.9. The number of rotatable bonds is 4. The lowest BCUT2D eigenvalue weighted by atomic mass is 10.3. The maximum absolute atomic E-state index is 12.7. The van der Waals surface area contributed by atoms with Gasteiger partial charge in [0.2, 0.25) is 0 Å². The van der Waals surface area contributed by atoms with Crippen molar-refractivity contribution in [1.29, 1.82) is 0 Å². The van der Waals surface area contributed by atoms with Crippen molar-refractivity contribution >= 4 is 15.9 Å². The molecule has 0 spiro atoms. The van der Waals surface area contributed by atoms with Gasteiger partial charge in [0, 0.05) is 0 Å². The predicted octanol–water partition coefficient (Wildman–Crippen LogP) is 3.35. The van der Waals surface area contributed by atoms with Gasteiger partial charge in [-0.05, 0) is 28.1 Å². The fourth-order valence-corrected chi connectivity index (χ4v) is 1.20. The summed E-state index contributed by atoms with van der Waals surface area (Å²) in [6.45, 7) is 3.33. The maximum Gasteiger partial charge on any atom is 0.152 e. The summed E-state index contributed by atoms with van der Waals surface area (Å²) in [6, 6.07) is 7.33. The van der Waals surface area contributed by atoms with E-state index in [4.69, 9.17) is 4.74 Å². The van der Waals surface area contributed by atoms with Crippen molar-refractivity contribution < 1.29 is 9.13 Å². The van der Waals surface area contributed by atoms with Crippen LogP contribution >= 0.6 is 15.9 Å². The Labute approximate surface area is 85.3 Å². The van der Waals surface area contributed by atoms with Crippen molar-refractivity contribution in [2.45, 2.75) is 6.17 Å². The molecule has 0 fully saturated rings. The molecule has 1 aromatic rings. The molecule has 1 unspecified atom stereocenters. The van der Waals surface area contributed by atoms with E-state index in [1.807, 2.05) is 18.2 Å². The molecule has 0 aliphatic heterocycles. The van der Waals surface area contributed by atoms with E-state index in [-0.39, 0.29) is 6.61 Å². The first-order chi connectivity index (χ1) is 6.24. The summed E-state index contributed by atoms with van der Waals surface area (Å²) in [5, 5.41) is 0. The van der Waals surface area contributed by atoms with E-state index in [9.17, 15) is 4.39 Å². The lowest BCUT2D eigenvalue weighted by Crippen LogP contribution is -2.09. The van der Waals surface area contributed by atoms with Crippen molar-refractivity contribution in [3.05, 3.63) is 41.4 Å². The van der Waals surface area contributed by atoms with Crippen molar-refractivity contribution in [1.82, 2.24) is 0 Å². The van der Waals surface area contributed by atoms with Crippen molar-refractivity contribution in [3.63, 3.8) is 0 Å². The first-order valence-corrected chi connectivity index (χ1v) is 4.67. The van der Waals surface area contributed by atoms with E-state index >= 15 is 0 Å². The number of ether oxygens (including phenoxy) is 1. The topological polar surface area (TPSA) is 9.23 Å². The van der Waals surface area contributed by atoms with Crippen LogP contribution in [-0.2, 0) is 0 Å². The predicted molar refractivity (Wildman–Crippen MR) is 54.7 cm³/mol. The van der Waals surface area contributed by atoms with E-state index in [2.05, 4.69) is 22.5 Å². The molecule has 0 saturated carbocycles. The van der Waals surface area contributed by atoms with Gasteiger partial charge < -0.3 is 4.74 Å². The minimum atomic E-state index is -1.12. The highest BCUT2D eigenvalue weighted by molar-refractivity contribution is 9.10. The zero-order chi connectivity index (χ0) is 9.68. The Balaban J connectivity index is 2.54. The van der Waals surface area contributed by atoms with E-state index in [0.29, 0.717) is 5.75 Å². The highest BCUT2D eigenvalue weighted by Crippen LogP contribution is 2.23. The first-order valence-electron chi connectivity index (χ1n) is 3.88. The monoisotopic (exact) mass is 244 g/mol. The van der Waals surface area contributed by atoms with Crippen LogP contribution in [0.15, 0.2) is 41.4 Å². The van der Waals surface area contributed by atoms with Crippen molar-refractivity contribution in [3.8, 4) is 5.75 Å². The average Bonchev–Trinajstić information content (AvgIpc) is 2.16. The summed E-state index contributed by atoms with van der Waals surface area (Å²) >= 11 is 3.30. The molecule has 1 aromatic carbocycles. The fraction of sp³-hybridized carbons (Fsp3) is 0.200. The second-order valence-electron chi connectivity index (χ2n) is 2.49. The molecule has 0 heterocycles. The molecule has 0 amide bonds. The molecule has 1 atom stereocenters. The summed E-state index contributed by atoms with van der Waals surface area (Å²) in [5.74, 6) is 0.645. The zero-order valence-electron chi connectivity index (χ0n) is 7.04. The van der Waals surface area contributed by atoms with Gasteiger partial charge in [0.25, 0.3) is 0 Å². The van der Waals surface area contributed by atoms with Crippen LogP contribution in [0.2, 0.25) is 0 Å². The van der Waals surface area contributed by atoms with Crippen LogP contribution in [-0.4, -0.2) is 12.8 Å². The molecule has 0 saturated heterocycles. The van der Waals surface area contributed by atoms with Crippen LogP contribution in [0.4, 0.5) is 4.39 Å². The second-order valence-corrected chi connectivity index (χ2v) is 3.35. The Kier molecular flexibility index (Phi) is 3.96. The Morgan fingerprint density at radius 2 is 2.23 bits per heavy atom. The lowest BCUT2D eigenvalue weighted by Gasteiger charge is -2.08. The number of alkyl halides is 1. The third kappa shape index (κ3) is 3.19. The van der Waals surface area contributed by atoms with Gasteiger partial charge in [-0.2, -0.15) is 0 Å². The molecule has 0 aromatic heterocycles.